The van der Waals surface area contributed by atoms with Gasteiger partial charge in [0.1, 0.15) is 16.4 Å². The van der Waals surface area contributed by atoms with Gasteiger partial charge >= 0.3 is 0 Å². The number of nitrogens with zero attached hydrogens (tertiary/aromatic N) is 2. The van der Waals surface area contributed by atoms with Crippen LogP contribution in [0.3, 0.4) is 0 Å². The van der Waals surface area contributed by atoms with Crippen molar-refractivity contribution in [2.45, 2.75) is 45.6 Å². The fourth-order valence-electron chi connectivity index (χ4n) is 1.66. The number of hydrogen-bond donors (Lipinski definition) is 0. The van der Waals surface area contributed by atoms with E-state index in [-0.39, 0.29) is 6.10 Å². The molecule has 0 fully saturated rings. The first-order chi connectivity index (χ1) is 8.13. The molecule has 0 aliphatic rings. The first kappa shape index (κ1) is 14.7. The Balaban J connectivity index is 3.03. The summed E-state index contributed by atoms with van der Waals surface area (Å²) in [7, 11) is 1.64. The average molecular weight is 277 g/mol. The van der Waals surface area contributed by atoms with Crippen molar-refractivity contribution in [1.82, 2.24) is 9.97 Å². The summed E-state index contributed by atoms with van der Waals surface area (Å²) in [6.45, 7) is 4.15. The van der Waals surface area contributed by atoms with E-state index < -0.39 is 0 Å². The predicted molar refractivity (Wildman–Crippen MR) is 70.7 cm³/mol. The Labute approximate surface area is 113 Å². The number of hydrogen-bond acceptors (Lipinski definition) is 3. The maximum Gasteiger partial charge on any atom is 0.160 e. The third-order valence-corrected chi connectivity index (χ3v) is 3.17. The van der Waals surface area contributed by atoms with Crippen LogP contribution in [0, 0.1) is 0 Å². The zero-order chi connectivity index (χ0) is 12.8. The number of aromatic nitrogens is 2. The van der Waals surface area contributed by atoms with E-state index in [2.05, 4.69) is 23.8 Å². The Morgan fingerprint density at radius 2 is 1.71 bits per heavy atom. The minimum atomic E-state index is -0.134. The molecule has 0 bridgehead atoms. The number of halogens is 2. The average Bonchev–Trinajstić information content (AvgIpc) is 2.30. The topological polar surface area (TPSA) is 35.0 Å². The molecule has 1 atom stereocenters. The van der Waals surface area contributed by atoms with Crippen molar-refractivity contribution in [2.75, 3.05) is 7.11 Å². The predicted octanol–water partition coefficient (Wildman–Crippen LogP) is 4.22. The first-order valence-corrected chi connectivity index (χ1v) is 6.64. The van der Waals surface area contributed by atoms with Crippen molar-refractivity contribution in [3.05, 3.63) is 21.7 Å². The van der Waals surface area contributed by atoms with E-state index in [1.54, 1.807) is 7.11 Å². The lowest BCUT2D eigenvalue weighted by atomic mass is 10.1. The molecule has 0 aliphatic carbocycles. The van der Waals surface area contributed by atoms with Crippen LogP contribution in [0.15, 0.2) is 0 Å². The van der Waals surface area contributed by atoms with Gasteiger partial charge in [-0.2, -0.15) is 0 Å². The molecule has 0 amide bonds. The van der Waals surface area contributed by atoms with Crippen molar-refractivity contribution >= 4 is 23.2 Å². The van der Waals surface area contributed by atoms with E-state index in [4.69, 9.17) is 27.9 Å². The van der Waals surface area contributed by atoms with Crippen LogP contribution in [-0.2, 0) is 11.2 Å². The van der Waals surface area contributed by atoms with Crippen LogP contribution in [0.25, 0.3) is 0 Å². The zero-order valence-corrected chi connectivity index (χ0v) is 12.0. The van der Waals surface area contributed by atoms with Crippen LogP contribution in [-0.4, -0.2) is 17.1 Å². The quantitative estimate of drug-likeness (QED) is 0.730. The van der Waals surface area contributed by atoms with Crippen molar-refractivity contribution < 1.29 is 4.74 Å². The zero-order valence-electron chi connectivity index (χ0n) is 10.5. The number of ether oxygens (including phenoxy) is 1. The molecule has 1 aromatic rings. The Morgan fingerprint density at radius 3 is 2.12 bits per heavy atom. The summed E-state index contributed by atoms with van der Waals surface area (Å²) in [5.41, 5.74) is 0.825. The molecule has 17 heavy (non-hydrogen) atoms. The lowest BCUT2D eigenvalue weighted by molar-refractivity contribution is 0.0876. The van der Waals surface area contributed by atoms with Crippen LogP contribution >= 0.6 is 23.2 Å². The smallest absolute Gasteiger partial charge is 0.160 e. The van der Waals surface area contributed by atoms with Crippen molar-refractivity contribution in [2.24, 2.45) is 0 Å². The van der Waals surface area contributed by atoms with E-state index >= 15 is 0 Å². The van der Waals surface area contributed by atoms with Crippen LogP contribution in [0.4, 0.5) is 0 Å². The summed E-state index contributed by atoms with van der Waals surface area (Å²) >= 11 is 12.2. The summed E-state index contributed by atoms with van der Waals surface area (Å²) in [6, 6.07) is 0. The minimum Gasteiger partial charge on any atom is -0.373 e. The van der Waals surface area contributed by atoms with E-state index in [0.717, 1.165) is 31.2 Å². The molecule has 1 aromatic heterocycles. The molecule has 0 aliphatic heterocycles. The largest absolute Gasteiger partial charge is 0.373 e. The third kappa shape index (κ3) is 3.80. The molecular formula is C12H18Cl2N2O. The number of rotatable bonds is 6. The van der Waals surface area contributed by atoms with Gasteiger partial charge in [0.15, 0.2) is 5.82 Å². The highest BCUT2D eigenvalue weighted by Crippen LogP contribution is 2.27. The highest BCUT2D eigenvalue weighted by molar-refractivity contribution is 6.34. The fourth-order valence-corrected chi connectivity index (χ4v) is 2.25. The summed E-state index contributed by atoms with van der Waals surface area (Å²) < 4.78 is 5.34. The molecule has 0 aromatic carbocycles. The molecule has 3 nitrogen and oxygen atoms in total. The fraction of sp³-hybridized carbons (Fsp3) is 0.667. The van der Waals surface area contributed by atoms with Gasteiger partial charge in [-0.05, 0) is 12.8 Å². The molecular weight excluding hydrogens is 259 g/mol. The van der Waals surface area contributed by atoms with Gasteiger partial charge in [-0.25, -0.2) is 9.97 Å². The van der Waals surface area contributed by atoms with E-state index in [0.29, 0.717) is 16.1 Å². The molecule has 0 N–H and O–H groups in total. The van der Waals surface area contributed by atoms with Crippen LogP contribution in [0.2, 0.25) is 10.3 Å². The van der Waals surface area contributed by atoms with E-state index in [1.165, 1.54) is 0 Å². The second-order valence-corrected chi connectivity index (χ2v) is 4.62. The normalized spacial score (nSPS) is 12.8. The van der Waals surface area contributed by atoms with Crippen LogP contribution < -0.4 is 0 Å². The van der Waals surface area contributed by atoms with Crippen LogP contribution in [0.5, 0.6) is 0 Å². The molecule has 0 saturated heterocycles. The van der Waals surface area contributed by atoms with E-state index in [9.17, 15) is 0 Å². The monoisotopic (exact) mass is 276 g/mol. The van der Waals surface area contributed by atoms with E-state index in [1.807, 2.05) is 0 Å². The highest BCUT2D eigenvalue weighted by Gasteiger charge is 2.17. The summed E-state index contributed by atoms with van der Waals surface area (Å²) in [5, 5.41) is 0.889. The molecule has 0 radical (unpaired) electrons. The molecule has 0 saturated carbocycles. The van der Waals surface area contributed by atoms with Crippen molar-refractivity contribution in [1.29, 1.82) is 0 Å². The summed E-state index contributed by atoms with van der Waals surface area (Å²) in [6.07, 6.45) is 3.48. The molecule has 5 heteroatoms. The van der Waals surface area contributed by atoms with Gasteiger partial charge in [-0.15, -0.1) is 0 Å². The Bertz CT molecular complexity index is 349. The third-order valence-electron chi connectivity index (χ3n) is 2.55. The lowest BCUT2D eigenvalue weighted by Gasteiger charge is -2.14. The molecule has 96 valence electrons. The molecule has 1 unspecified atom stereocenters. The maximum atomic E-state index is 6.12. The second kappa shape index (κ2) is 7.14. The van der Waals surface area contributed by atoms with Gasteiger partial charge < -0.3 is 4.74 Å². The summed E-state index contributed by atoms with van der Waals surface area (Å²) in [5.74, 6) is 0.573. The van der Waals surface area contributed by atoms with Gasteiger partial charge in [-0.3, -0.25) is 0 Å². The minimum absolute atomic E-state index is 0.134. The Kier molecular flexibility index (Phi) is 6.17. The van der Waals surface area contributed by atoms with Gasteiger partial charge in [0.25, 0.3) is 0 Å². The Morgan fingerprint density at radius 1 is 1.12 bits per heavy atom. The SMILES string of the molecule is CCCc1c(Cl)nc(C(CCC)OC)nc1Cl. The van der Waals surface area contributed by atoms with Gasteiger partial charge in [-0.1, -0.05) is 49.9 Å². The molecule has 1 rings (SSSR count). The van der Waals surface area contributed by atoms with Crippen LogP contribution in [0.1, 0.15) is 50.6 Å². The van der Waals surface area contributed by atoms with Gasteiger partial charge in [0.05, 0.1) is 0 Å². The first-order valence-electron chi connectivity index (χ1n) is 5.88. The lowest BCUT2D eigenvalue weighted by Crippen LogP contribution is -2.08. The molecule has 0 spiro atoms. The highest BCUT2D eigenvalue weighted by atomic mass is 35.5. The Hall–Kier alpha value is -0.380. The maximum absolute atomic E-state index is 6.12. The van der Waals surface area contributed by atoms with Crippen molar-refractivity contribution in [3.63, 3.8) is 0 Å². The number of methoxy groups -OCH3 is 1. The van der Waals surface area contributed by atoms with Crippen molar-refractivity contribution in [3.8, 4) is 0 Å². The standard InChI is InChI=1S/C12H18Cl2N2O/c1-4-6-8-10(13)15-12(16-11(8)14)9(17-3)7-5-2/h9H,4-7H2,1-3H3. The van der Waals surface area contributed by atoms with Gasteiger partial charge in [0, 0.05) is 12.7 Å². The second-order valence-electron chi connectivity index (χ2n) is 3.90. The van der Waals surface area contributed by atoms with Gasteiger partial charge in [0.2, 0.25) is 0 Å². The summed E-state index contributed by atoms with van der Waals surface area (Å²) in [4.78, 5) is 8.57. The molecule has 1 heterocycles.